The number of nitrogens with one attached hydrogen (secondary N) is 1. The number of hydrogen-bond acceptors (Lipinski definition) is 5. The summed E-state index contributed by atoms with van der Waals surface area (Å²) in [4.78, 5) is 18.2. The first kappa shape index (κ1) is 20.2. The average Bonchev–Trinajstić information content (AvgIpc) is 3.36. The Labute approximate surface area is 182 Å². The van der Waals surface area contributed by atoms with Gasteiger partial charge in [0.2, 0.25) is 0 Å². The van der Waals surface area contributed by atoms with Crippen LogP contribution in [0.15, 0.2) is 53.3 Å². The fourth-order valence-electron chi connectivity index (χ4n) is 3.57. The monoisotopic (exact) mass is 467 g/mol. The quantitative estimate of drug-likeness (QED) is 0.465. The molecule has 0 unspecified atom stereocenters. The van der Waals surface area contributed by atoms with Gasteiger partial charge in [0.15, 0.2) is 0 Å². The van der Waals surface area contributed by atoms with Gasteiger partial charge in [0.25, 0.3) is 5.91 Å². The minimum atomic E-state index is -0.240. The number of imidazole rings is 1. The molecule has 1 atom stereocenters. The van der Waals surface area contributed by atoms with Gasteiger partial charge in [0.05, 0.1) is 28.3 Å². The summed E-state index contributed by atoms with van der Waals surface area (Å²) in [7, 11) is 1.98. The number of halogens is 1. The molecule has 0 saturated heterocycles. The molecule has 0 bridgehead atoms. The van der Waals surface area contributed by atoms with Crippen LogP contribution in [0.3, 0.4) is 0 Å². The maximum Gasteiger partial charge on any atom is 0.254 e. The first-order chi connectivity index (χ1) is 14.4. The van der Waals surface area contributed by atoms with Crippen molar-refractivity contribution in [2.75, 3.05) is 0 Å². The number of benzene rings is 2. The number of nitrogens with zero attached hydrogens (tertiary/aromatic N) is 6. The fraction of sp³-hybridized carbons (Fsp3) is 0.286. The van der Waals surface area contributed by atoms with Gasteiger partial charge in [-0.3, -0.25) is 4.79 Å². The predicted molar refractivity (Wildman–Crippen MR) is 117 cm³/mol. The van der Waals surface area contributed by atoms with E-state index in [1.165, 1.54) is 11.0 Å². The Bertz CT molecular complexity index is 1180. The van der Waals surface area contributed by atoms with E-state index in [0.29, 0.717) is 17.2 Å². The van der Waals surface area contributed by atoms with Gasteiger partial charge < -0.3 is 9.88 Å². The normalized spacial score (nSPS) is 12.4. The van der Waals surface area contributed by atoms with Crippen molar-refractivity contribution in [2.24, 2.45) is 13.0 Å². The molecule has 2 aromatic carbocycles. The number of amides is 1. The molecule has 154 valence electrons. The number of aromatic nitrogens is 6. The molecule has 9 heteroatoms. The van der Waals surface area contributed by atoms with E-state index in [0.717, 1.165) is 27.8 Å². The Kier molecular flexibility index (Phi) is 5.63. The van der Waals surface area contributed by atoms with Crippen molar-refractivity contribution in [1.29, 1.82) is 0 Å². The van der Waals surface area contributed by atoms with Crippen molar-refractivity contribution in [2.45, 2.75) is 26.3 Å². The molecule has 0 saturated carbocycles. The molecular formula is C21H22BrN7O. The van der Waals surface area contributed by atoms with Gasteiger partial charge in [0, 0.05) is 11.5 Å². The Morgan fingerprint density at radius 1 is 1.20 bits per heavy atom. The third kappa shape index (κ3) is 3.97. The molecule has 0 aliphatic heterocycles. The molecule has 0 aliphatic carbocycles. The predicted octanol–water partition coefficient (Wildman–Crippen LogP) is 3.83. The summed E-state index contributed by atoms with van der Waals surface area (Å²) >= 11 is 3.46. The molecule has 1 amide bonds. The maximum absolute atomic E-state index is 13.4. The zero-order chi connectivity index (χ0) is 21.3. The number of aryl methyl sites for hydroxylation is 1. The highest BCUT2D eigenvalue weighted by molar-refractivity contribution is 9.10. The summed E-state index contributed by atoms with van der Waals surface area (Å²) in [5.41, 5.74) is 3.03. The molecule has 1 N–H and O–H groups in total. The molecule has 0 fully saturated rings. The van der Waals surface area contributed by atoms with Crippen molar-refractivity contribution in [1.82, 2.24) is 35.1 Å². The van der Waals surface area contributed by atoms with Gasteiger partial charge in [-0.05, 0) is 53.1 Å². The van der Waals surface area contributed by atoms with E-state index in [2.05, 4.69) is 50.6 Å². The van der Waals surface area contributed by atoms with Crippen LogP contribution in [-0.2, 0) is 7.05 Å². The number of carbonyl (C=O) groups is 1. The second-order valence-electron chi connectivity index (χ2n) is 7.59. The van der Waals surface area contributed by atoms with Crippen LogP contribution >= 0.6 is 15.9 Å². The number of carbonyl (C=O) groups excluding carboxylic acids is 1. The zero-order valence-corrected chi connectivity index (χ0v) is 18.5. The lowest BCUT2D eigenvalue weighted by Crippen LogP contribution is -2.32. The van der Waals surface area contributed by atoms with Crippen molar-refractivity contribution in [3.8, 4) is 5.69 Å². The van der Waals surface area contributed by atoms with Crippen LogP contribution < -0.4 is 5.32 Å². The first-order valence-electron chi connectivity index (χ1n) is 9.69. The van der Waals surface area contributed by atoms with E-state index >= 15 is 0 Å². The van der Waals surface area contributed by atoms with Crippen molar-refractivity contribution in [3.05, 3.63) is 64.7 Å². The molecule has 2 aromatic heterocycles. The highest BCUT2D eigenvalue weighted by Gasteiger charge is 2.24. The fourth-order valence-corrected chi connectivity index (χ4v) is 3.93. The minimum Gasteiger partial charge on any atom is -0.342 e. The van der Waals surface area contributed by atoms with E-state index < -0.39 is 0 Å². The third-order valence-electron chi connectivity index (χ3n) is 4.94. The molecular weight excluding hydrogens is 446 g/mol. The summed E-state index contributed by atoms with van der Waals surface area (Å²) in [5, 5.41) is 14.5. The smallest absolute Gasteiger partial charge is 0.254 e. The minimum absolute atomic E-state index is 0.209. The SMILES string of the molecule is CC(C)C[C@H](NC(=O)c1cc(Br)ccc1-n1cnnn1)c1nc2ccccc2n1C. The Morgan fingerprint density at radius 3 is 2.70 bits per heavy atom. The summed E-state index contributed by atoms with van der Waals surface area (Å²) in [6, 6.07) is 13.2. The third-order valence-corrected chi connectivity index (χ3v) is 5.44. The average molecular weight is 468 g/mol. The van der Waals surface area contributed by atoms with Crippen molar-refractivity contribution >= 4 is 32.9 Å². The molecule has 2 heterocycles. The topological polar surface area (TPSA) is 90.5 Å². The Morgan fingerprint density at radius 2 is 2.00 bits per heavy atom. The van der Waals surface area contributed by atoms with Crippen LogP contribution in [0.5, 0.6) is 0 Å². The van der Waals surface area contributed by atoms with E-state index in [1.807, 2.05) is 48.0 Å². The summed E-state index contributed by atoms with van der Waals surface area (Å²) in [6.45, 7) is 4.26. The lowest BCUT2D eigenvalue weighted by molar-refractivity contribution is 0.0929. The highest BCUT2D eigenvalue weighted by Crippen LogP contribution is 2.26. The second kappa shape index (κ2) is 8.35. The standard InChI is InChI=1S/C21H22BrN7O/c1-13(2)10-17(20-24-16-6-4-5-7-19(16)28(20)3)25-21(30)15-11-14(22)8-9-18(15)29-12-23-26-27-29/h4-9,11-13,17H,10H2,1-3H3,(H,25,30)/t17-/m0/s1. The number of para-hydroxylation sites is 2. The van der Waals surface area contributed by atoms with Gasteiger partial charge in [-0.2, -0.15) is 4.68 Å². The Hall–Kier alpha value is -3.07. The molecule has 4 rings (SSSR count). The number of hydrogen-bond donors (Lipinski definition) is 1. The Balaban J connectivity index is 1.72. The number of tetrazole rings is 1. The van der Waals surface area contributed by atoms with E-state index in [1.54, 1.807) is 6.07 Å². The number of rotatable bonds is 6. The largest absolute Gasteiger partial charge is 0.342 e. The summed E-state index contributed by atoms with van der Waals surface area (Å²) in [6.07, 6.45) is 2.23. The second-order valence-corrected chi connectivity index (χ2v) is 8.50. The van der Waals surface area contributed by atoms with E-state index in [9.17, 15) is 4.79 Å². The van der Waals surface area contributed by atoms with Crippen LogP contribution in [-0.4, -0.2) is 35.7 Å². The van der Waals surface area contributed by atoms with Crippen LogP contribution in [0, 0.1) is 5.92 Å². The van der Waals surface area contributed by atoms with Crippen LogP contribution in [0.1, 0.15) is 42.5 Å². The number of fused-ring (bicyclic) bond motifs is 1. The van der Waals surface area contributed by atoms with Crippen molar-refractivity contribution in [3.63, 3.8) is 0 Å². The maximum atomic E-state index is 13.4. The highest BCUT2D eigenvalue weighted by atomic mass is 79.9. The van der Waals surface area contributed by atoms with Crippen LogP contribution in [0.2, 0.25) is 0 Å². The van der Waals surface area contributed by atoms with E-state index in [-0.39, 0.29) is 11.9 Å². The zero-order valence-electron chi connectivity index (χ0n) is 17.0. The van der Waals surface area contributed by atoms with Crippen LogP contribution in [0.4, 0.5) is 0 Å². The molecule has 8 nitrogen and oxygen atoms in total. The van der Waals surface area contributed by atoms with Gasteiger partial charge >= 0.3 is 0 Å². The van der Waals surface area contributed by atoms with Gasteiger partial charge in [-0.1, -0.05) is 41.9 Å². The van der Waals surface area contributed by atoms with E-state index in [4.69, 9.17) is 4.98 Å². The van der Waals surface area contributed by atoms with Gasteiger partial charge in [-0.15, -0.1) is 5.10 Å². The molecule has 0 aliphatic rings. The van der Waals surface area contributed by atoms with Crippen LogP contribution in [0.25, 0.3) is 16.7 Å². The molecule has 4 aromatic rings. The first-order valence-corrected chi connectivity index (χ1v) is 10.5. The van der Waals surface area contributed by atoms with Crippen molar-refractivity contribution < 1.29 is 4.79 Å². The van der Waals surface area contributed by atoms with Gasteiger partial charge in [0.1, 0.15) is 12.2 Å². The lowest BCUT2D eigenvalue weighted by atomic mass is 10.0. The molecule has 0 radical (unpaired) electrons. The summed E-state index contributed by atoms with van der Waals surface area (Å²) in [5.74, 6) is 0.994. The molecule has 30 heavy (non-hydrogen) atoms. The van der Waals surface area contributed by atoms with Gasteiger partial charge in [-0.25, -0.2) is 4.98 Å². The lowest BCUT2D eigenvalue weighted by Gasteiger charge is -2.21. The molecule has 0 spiro atoms. The summed E-state index contributed by atoms with van der Waals surface area (Å²) < 4.78 is 4.33.